The lowest BCUT2D eigenvalue weighted by Gasteiger charge is -2.23. The summed E-state index contributed by atoms with van der Waals surface area (Å²) in [5, 5.41) is 0. The lowest BCUT2D eigenvalue weighted by atomic mass is 10.0. The van der Waals surface area contributed by atoms with Crippen molar-refractivity contribution in [2.45, 2.75) is 13.0 Å². The van der Waals surface area contributed by atoms with Gasteiger partial charge in [-0.05, 0) is 12.0 Å². The number of rotatable bonds is 4. The summed E-state index contributed by atoms with van der Waals surface area (Å²) in [5.74, 6) is 0.480. The normalized spacial score (nSPS) is 20.1. The number of aromatic nitrogens is 2. The van der Waals surface area contributed by atoms with Crippen LogP contribution in [0.3, 0.4) is 0 Å². The van der Waals surface area contributed by atoms with Crippen molar-refractivity contribution in [2.75, 3.05) is 26.3 Å². The minimum atomic E-state index is 0.480. The first-order chi connectivity index (χ1) is 10.4. The van der Waals surface area contributed by atoms with Gasteiger partial charge in [0, 0.05) is 44.1 Å². The fourth-order valence-electron chi connectivity index (χ4n) is 2.79. The molecular weight excluding hydrogens is 262 g/mol. The Balaban J connectivity index is 1.61. The molecule has 1 aromatic carbocycles. The van der Waals surface area contributed by atoms with Gasteiger partial charge in [-0.15, -0.1) is 0 Å². The molecule has 4 heteroatoms. The minimum Gasteiger partial charge on any atom is -0.380 e. The molecule has 0 saturated carbocycles. The molecule has 1 saturated heterocycles. The van der Waals surface area contributed by atoms with Crippen molar-refractivity contribution in [1.29, 1.82) is 0 Å². The van der Waals surface area contributed by atoms with Gasteiger partial charge < -0.3 is 4.74 Å². The highest BCUT2D eigenvalue weighted by atomic mass is 16.5. The smallest absolute Gasteiger partial charge is 0.0593 e. The number of benzene rings is 1. The Morgan fingerprint density at radius 2 is 2.10 bits per heavy atom. The molecule has 2 aromatic rings. The summed E-state index contributed by atoms with van der Waals surface area (Å²) in [6.07, 6.45) is 6.26. The van der Waals surface area contributed by atoms with Crippen LogP contribution in [0.5, 0.6) is 0 Å². The molecule has 1 aromatic heterocycles. The van der Waals surface area contributed by atoms with Gasteiger partial charge in [0.1, 0.15) is 0 Å². The first-order valence-electron chi connectivity index (χ1n) is 7.49. The van der Waals surface area contributed by atoms with E-state index in [2.05, 4.69) is 45.2 Å². The van der Waals surface area contributed by atoms with Crippen LogP contribution in [0.25, 0.3) is 0 Å². The van der Waals surface area contributed by atoms with E-state index < -0.39 is 0 Å². The van der Waals surface area contributed by atoms with E-state index in [1.807, 2.05) is 6.20 Å². The van der Waals surface area contributed by atoms with Crippen LogP contribution in [0.1, 0.15) is 11.3 Å². The number of ether oxygens (including phenoxy) is 1. The second kappa shape index (κ2) is 7.29. The molecule has 1 aliphatic rings. The van der Waals surface area contributed by atoms with Crippen molar-refractivity contribution in [2.24, 2.45) is 5.92 Å². The van der Waals surface area contributed by atoms with Crippen molar-refractivity contribution in [3.05, 3.63) is 60.2 Å². The molecule has 0 aliphatic carbocycles. The van der Waals surface area contributed by atoms with Gasteiger partial charge in [-0.3, -0.25) is 14.9 Å². The second-order valence-electron chi connectivity index (χ2n) is 5.56. The molecule has 3 rings (SSSR count). The van der Waals surface area contributed by atoms with Crippen molar-refractivity contribution in [3.63, 3.8) is 0 Å². The fraction of sp³-hybridized carbons (Fsp3) is 0.412. The number of nitrogens with zero attached hydrogens (tertiary/aromatic N) is 3. The maximum Gasteiger partial charge on any atom is 0.0593 e. The van der Waals surface area contributed by atoms with E-state index in [0.29, 0.717) is 5.92 Å². The minimum absolute atomic E-state index is 0.480. The fourth-order valence-corrected chi connectivity index (χ4v) is 2.79. The van der Waals surface area contributed by atoms with E-state index in [-0.39, 0.29) is 0 Å². The van der Waals surface area contributed by atoms with Gasteiger partial charge in [-0.1, -0.05) is 30.3 Å². The zero-order chi connectivity index (χ0) is 14.3. The van der Waals surface area contributed by atoms with Crippen molar-refractivity contribution in [3.8, 4) is 0 Å². The number of hydrogen-bond donors (Lipinski definition) is 0. The Kier molecular flexibility index (Phi) is 4.92. The number of hydrogen-bond acceptors (Lipinski definition) is 4. The summed E-state index contributed by atoms with van der Waals surface area (Å²) in [5.41, 5.74) is 2.41. The summed E-state index contributed by atoms with van der Waals surface area (Å²) in [4.78, 5) is 11.0. The summed E-state index contributed by atoms with van der Waals surface area (Å²) in [7, 11) is 0. The summed E-state index contributed by atoms with van der Waals surface area (Å²) >= 11 is 0. The van der Waals surface area contributed by atoms with Crippen LogP contribution in [0.2, 0.25) is 0 Å². The third kappa shape index (κ3) is 4.34. The molecule has 1 fully saturated rings. The Morgan fingerprint density at radius 3 is 2.90 bits per heavy atom. The quantitative estimate of drug-likeness (QED) is 0.862. The van der Waals surface area contributed by atoms with Gasteiger partial charge in [-0.25, -0.2) is 0 Å². The standard InChI is InChI=1S/C17H21N3O/c1-2-4-15(5-3-1)12-20-8-9-21-14-16(13-20)10-17-11-18-6-7-19-17/h1-7,11,16H,8-10,12-14H2. The first-order valence-corrected chi connectivity index (χ1v) is 7.49. The largest absolute Gasteiger partial charge is 0.380 e. The Labute approximate surface area is 125 Å². The molecule has 2 heterocycles. The van der Waals surface area contributed by atoms with Crippen LogP contribution in [0.15, 0.2) is 48.9 Å². The molecular formula is C17H21N3O. The van der Waals surface area contributed by atoms with Gasteiger partial charge in [-0.2, -0.15) is 0 Å². The van der Waals surface area contributed by atoms with Crippen LogP contribution in [-0.2, 0) is 17.7 Å². The Bertz CT molecular complexity index is 483. The van der Waals surface area contributed by atoms with Gasteiger partial charge in [0.25, 0.3) is 0 Å². The second-order valence-corrected chi connectivity index (χ2v) is 5.56. The molecule has 0 amide bonds. The first kappa shape index (κ1) is 14.2. The lowest BCUT2D eigenvalue weighted by Crippen LogP contribution is -2.30. The van der Waals surface area contributed by atoms with E-state index in [0.717, 1.165) is 45.0 Å². The molecule has 1 aliphatic heterocycles. The summed E-state index contributed by atoms with van der Waals surface area (Å²) in [6, 6.07) is 10.6. The lowest BCUT2D eigenvalue weighted by molar-refractivity contribution is 0.121. The van der Waals surface area contributed by atoms with E-state index in [1.165, 1.54) is 5.56 Å². The topological polar surface area (TPSA) is 38.2 Å². The highest BCUT2D eigenvalue weighted by molar-refractivity contribution is 5.14. The highest BCUT2D eigenvalue weighted by Gasteiger charge is 2.19. The third-order valence-corrected chi connectivity index (χ3v) is 3.79. The van der Waals surface area contributed by atoms with Crippen LogP contribution >= 0.6 is 0 Å². The molecule has 110 valence electrons. The Morgan fingerprint density at radius 1 is 1.19 bits per heavy atom. The van der Waals surface area contributed by atoms with Crippen LogP contribution in [0.4, 0.5) is 0 Å². The van der Waals surface area contributed by atoms with Crippen LogP contribution in [-0.4, -0.2) is 41.2 Å². The summed E-state index contributed by atoms with van der Waals surface area (Å²) in [6.45, 7) is 4.64. The molecule has 0 spiro atoms. The average Bonchev–Trinajstić information content (AvgIpc) is 2.74. The molecule has 4 nitrogen and oxygen atoms in total. The van der Waals surface area contributed by atoms with E-state index >= 15 is 0 Å². The SMILES string of the molecule is c1ccc(CN2CCOCC(Cc3cnccn3)C2)cc1. The van der Waals surface area contributed by atoms with E-state index in [4.69, 9.17) is 4.74 Å². The predicted octanol–water partition coefficient (Wildman–Crippen LogP) is 2.17. The molecule has 1 atom stereocenters. The Hall–Kier alpha value is -1.78. The van der Waals surface area contributed by atoms with E-state index in [1.54, 1.807) is 12.4 Å². The van der Waals surface area contributed by atoms with Gasteiger partial charge in [0.15, 0.2) is 0 Å². The molecule has 21 heavy (non-hydrogen) atoms. The van der Waals surface area contributed by atoms with Gasteiger partial charge >= 0.3 is 0 Å². The van der Waals surface area contributed by atoms with Crippen LogP contribution in [0, 0.1) is 5.92 Å². The monoisotopic (exact) mass is 283 g/mol. The maximum absolute atomic E-state index is 5.76. The van der Waals surface area contributed by atoms with Crippen molar-refractivity contribution in [1.82, 2.24) is 14.9 Å². The zero-order valence-electron chi connectivity index (χ0n) is 12.2. The van der Waals surface area contributed by atoms with E-state index in [9.17, 15) is 0 Å². The highest BCUT2D eigenvalue weighted by Crippen LogP contribution is 2.14. The average molecular weight is 283 g/mol. The van der Waals surface area contributed by atoms with Gasteiger partial charge in [0.2, 0.25) is 0 Å². The maximum atomic E-state index is 5.76. The molecule has 0 radical (unpaired) electrons. The third-order valence-electron chi connectivity index (χ3n) is 3.79. The van der Waals surface area contributed by atoms with Gasteiger partial charge in [0.05, 0.1) is 18.9 Å². The zero-order valence-corrected chi connectivity index (χ0v) is 12.2. The predicted molar refractivity (Wildman–Crippen MR) is 81.8 cm³/mol. The van der Waals surface area contributed by atoms with Crippen LogP contribution < -0.4 is 0 Å². The van der Waals surface area contributed by atoms with Crippen molar-refractivity contribution >= 4 is 0 Å². The molecule has 0 N–H and O–H groups in total. The molecule has 0 bridgehead atoms. The summed E-state index contributed by atoms with van der Waals surface area (Å²) < 4.78 is 5.76. The van der Waals surface area contributed by atoms with Crippen molar-refractivity contribution < 1.29 is 4.74 Å². The molecule has 1 unspecified atom stereocenters.